The number of ether oxygens (including phenoxy) is 4. The Balaban J connectivity index is 0.000000978. The van der Waals surface area contributed by atoms with Gasteiger partial charge in [0.1, 0.15) is 5.75 Å². The molecule has 0 saturated heterocycles. The zero-order chi connectivity index (χ0) is 31.4. The van der Waals surface area contributed by atoms with E-state index in [0.29, 0.717) is 55.4 Å². The first-order valence-corrected chi connectivity index (χ1v) is 14.0. The molecule has 236 valence electrons. The largest absolute Gasteiger partial charge is 0.573 e. The van der Waals surface area contributed by atoms with Crippen molar-refractivity contribution in [3.63, 3.8) is 0 Å². The fourth-order valence-corrected chi connectivity index (χ4v) is 4.34. The summed E-state index contributed by atoms with van der Waals surface area (Å²) < 4.78 is 57.7. The van der Waals surface area contributed by atoms with E-state index in [2.05, 4.69) is 44.6 Å². The van der Waals surface area contributed by atoms with Crippen LogP contribution in [0.15, 0.2) is 18.2 Å². The van der Waals surface area contributed by atoms with Crippen LogP contribution < -0.4 is 15.8 Å². The standard InChI is InChI=1S/C25H34F3N3O3.C3H6O2.CH3NO/c1-4-6-7-9-18(5-2)29-24-22(16-32-3)21-10-8-13-33-15-17-14-19(34-25(26,27)28)11-12-20(17)23(21)30-31-24;1-2-5-3-4;2-1-3/h11-12,14,18H,4-10,13,15-16H2,1-3H3,(H,29,31);3H,2H2,1H3;1H,(H2,2,3)/t18-;;/m0../s1. The van der Waals surface area contributed by atoms with Crippen molar-refractivity contribution < 1.29 is 41.7 Å². The van der Waals surface area contributed by atoms with Gasteiger partial charge in [0.2, 0.25) is 6.41 Å². The van der Waals surface area contributed by atoms with Gasteiger partial charge in [-0.15, -0.1) is 23.4 Å². The number of hydrogen-bond donors (Lipinski definition) is 2. The van der Waals surface area contributed by atoms with Crippen molar-refractivity contribution >= 4 is 18.7 Å². The summed E-state index contributed by atoms with van der Waals surface area (Å²) in [6.45, 7) is 8.01. The minimum atomic E-state index is -4.76. The average Bonchev–Trinajstić information content (AvgIpc) is 3.03. The zero-order valence-corrected chi connectivity index (χ0v) is 24.8. The topological polar surface area (TPSA) is 135 Å². The number of alkyl halides is 3. The summed E-state index contributed by atoms with van der Waals surface area (Å²) in [5, 5.41) is 12.6. The molecule has 1 aromatic heterocycles. The summed E-state index contributed by atoms with van der Waals surface area (Å²) in [6.07, 6.45) is 2.46. The van der Waals surface area contributed by atoms with E-state index in [1.54, 1.807) is 20.1 Å². The minimum Gasteiger partial charge on any atom is -0.468 e. The van der Waals surface area contributed by atoms with Gasteiger partial charge in [0.15, 0.2) is 5.82 Å². The highest BCUT2D eigenvalue weighted by atomic mass is 19.4. The molecule has 0 fully saturated rings. The summed E-state index contributed by atoms with van der Waals surface area (Å²) in [5.74, 6) is 0.430. The van der Waals surface area contributed by atoms with Gasteiger partial charge in [-0.1, -0.05) is 33.1 Å². The Morgan fingerprint density at radius 3 is 2.48 bits per heavy atom. The molecule has 0 saturated carbocycles. The van der Waals surface area contributed by atoms with Gasteiger partial charge in [0.25, 0.3) is 6.47 Å². The highest BCUT2D eigenvalue weighted by Crippen LogP contribution is 2.35. The highest BCUT2D eigenvalue weighted by Gasteiger charge is 2.31. The molecule has 2 aromatic rings. The maximum atomic E-state index is 12.7. The number of rotatable bonds is 12. The summed E-state index contributed by atoms with van der Waals surface area (Å²) >= 11 is 0. The first kappa shape index (κ1) is 36.6. The Bertz CT molecular complexity index is 1070. The molecule has 0 bridgehead atoms. The fraction of sp³-hybridized carbons (Fsp3) is 0.586. The molecule has 1 atom stereocenters. The highest BCUT2D eigenvalue weighted by molar-refractivity contribution is 5.71. The molecule has 42 heavy (non-hydrogen) atoms. The van der Waals surface area contributed by atoms with Gasteiger partial charge in [0, 0.05) is 30.9 Å². The van der Waals surface area contributed by atoms with Gasteiger partial charge in [-0.2, -0.15) is 0 Å². The number of anilines is 1. The van der Waals surface area contributed by atoms with E-state index in [4.69, 9.17) is 14.3 Å². The first-order valence-electron chi connectivity index (χ1n) is 14.0. The minimum absolute atomic E-state index is 0.167. The summed E-state index contributed by atoms with van der Waals surface area (Å²) in [6, 6.07) is 4.55. The smallest absolute Gasteiger partial charge is 0.468 e. The summed E-state index contributed by atoms with van der Waals surface area (Å²) in [5.41, 5.74) is 8.01. The number of halogens is 3. The van der Waals surface area contributed by atoms with Gasteiger partial charge in [-0.3, -0.25) is 9.59 Å². The maximum Gasteiger partial charge on any atom is 0.573 e. The number of hydrogen-bond acceptors (Lipinski definition) is 9. The molecule has 1 amide bonds. The number of nitrogens with one attached hydrogen (secondary N) is 1. The molecule has 10 nitrogen and oxygen atoms in total. The third-order valence-electron chi connectivity index (χ3n) is 6.24. The van der Waals surface area contributed by atoms with Gasteiger partial charge in [-0.25, -0.2) is 0 Å². The number of amides is 1. The van der Waals surface area contributed by atoms with Crippen molar-refractivity contribution in [3.05, 3.63) is 34.9 Å². The lowest BCUT2D eigenvalue weighted by atomic mass is 9.95. The average molecular weight is 601 g/mol. The summed E-state index contributed by atoms with van der Waals surface area (Å²) in [4.78, 5) is 17.8. The lowest BCUT2D eigenvalue weighted by molar-refractivity contribution is -0.274. The van der Waals surface area contributed by atoms with Crippen LogP contribution in [0.4, 0.5) is 19.0 Å². The molecule has 1 aliphatic rings. The number of nitrogens with two attached hydrogens (primary N) is 1. The number of primary amides is 1. The number of aromatic nitrogens is 2. The summed E-state index contributed by atoms with van der Waals surface area (Å²) in [7, 11) is 1.64. The van der Waals surface area contributed by atoms with Crippen molar-refractivity contribution in [3.8, 4) is 17.0 Å². The van der Waals surface area contributed by atoms with Crippen LogP contribution in [0.2, 0.25) is 0 Å². The van der Waals surface area contributed by atoms with Crippen molar-refractivity contribution in [2.75, 3.05) is 25.6 Å². The van der Waals surface area contributed by atoms with E-state index in [9.17, 15) is 18.0 Å². The second kappa shape index (κ2) is 20.4. The molecular formula is C29H43F3N4O6. The number of benzene rings is 1. The molecule has 1 aliphatic heterocycles. The van der Waals surface area contributed by atoms with Crippen LogP contribution in [0.5, 0.6) is 5.75 Å². The van der Waals surface area contributed by atoms with Crippen LogP contribution >= 0.6 is 0 Å². The van der Waals surface area contributed by atoms with Crippen LogP contribution in [0.25, 0.3) is 11.3 Å². The molecule has 0 aliphatic carbocycles. The van der Waals surface area contributed by atoms with Crippen molar-refractivity contribution in [2.45, 2.75) is 91.3 Å². The van der Waals surface area contributed by atoms with E-state index in [1.807, 2.05) is 0 Å². The van der Waals surface area contributed by atoms with Gasteiger partial charge < -0.3 is 30.0 Å². The second-order valence-electron chi connectivity index (χ2n) is 9.24. The predicted molar refractivity (Wildman–Crippen MR) is 153 cm³/mol. The molecule has 3 N–H and O–H groups in total. The SMILES string of the molecule is CCCCC[C@H](CC)Nc1nnc2c(c1COC)CCCOCc1cc(OC(F)(F)F)ccc1-2.CCOC=O.NC=O. The van der Waals surface area contributed by atoms with E-state index in [0.717, 1.165) is 36.8 Å². The van der Waals surface area contributed by atoms with Gasteiger partial charge in [0.05, 0.1) is 25.5 Å². The molecule has 0 spiro atoms. The number of fused-ring (bicyclic) bond motifs is 3. The van der Waals surface area contributed by atoms with Gasteiger partial charge >= 0.3 is 6.36 Å². The van der Waals surface area contributed by atoms with Crippen LogP contribution in [-0.2, 0) is 43.4 Å². The Labute approximate surface area is 245 Å². The molecule has 1 aromatic carbocycles. The Kier molecular flexibility index (Phi) is 17.8. The number of methoxy groups -OCH3 is 1. The molecular weight excluding hydrogens is 557 g/mol. The zero-order valence-electron chi connectivity index (χ0n) is 24.8. The van der Waals surface area contributed by atoms with Gasteiger partial charge in [-0.05, 0) is 61.9 Å². The van der Waals surface area contributed by atoms with Crippen LogP contribution in [0.3, 0.4) is 0 Å². The van der Waals surface area contributed by atoms with E-state index in [-0.39, 0.29) is 24.8 Å². The van der Waals surface area contributed by atoms with Crippen LogP contribution in [0, 0.1) is 0 Å². The molecule has 0 radical (unpaired) electrons. The third kappa shape index (κ3) is 13.0. The molecule has 2 heterocycles. The second-order valence-corrected chi connectivity index (χ2v) is 9.24. The van der Waals surface area contributed by atoms with Crippen LogP contribution in [-0.4, -0.2) is 55.8 Å². The normalized spacial score (nSPS) is 13.1. The predicted octanol–water partition coefficient (Wildman–Crippen LogP) is 5.70. The molecule has 3 rings (SSSR count). The van der Waals surface area contributed by atoms with Crippen molar-refractivity contribution in [1.29, 1.82) is 0 Å². The molecule has 13 heteroatoms. The fourth-order valence-electron chi connectivity index (χ4n) is 4.34. The quantitative estimate of drug-likeness (QED) is 0.232. The number of carbonyl (C=O) groups excluding carboxylic acids is 2. The number of unbranched alkanes of at least 4 members (excludes halogenated alkanes) is 2. The lowest BCUT2D eigenvalue weighted by Crippen LogP contribution is -2.22. The van der Waals surface area contributed by atoms with Crippen LogP contribution in [0.1, 0.15) is 76.0 Å². The van der Waals surface area contributed by atoms with E-state index >= 15 is 0 Å². The first-order chi connectivity index (χ1) is 20.2. The number of nitrogens with zero attached hydrogens (tertiary/aromatic N) is 2. The van der Waals surface area contributed by atoms with E-state index < -0.39 is 6.36 Å². The van der Waals surface area contributed by atoms with E-state index in [1.165, 1.54) is 25.0 Å². The lowest BCUT2D eigenvalue weighted by Gasteiger charge is -2.22. The maximum absolute atomic E-state index is 12.7. The Morgan fingerprint density at radius 2 is 1.90 bits per heavy atom. The third-order valence-corrected chi connectivity index (χ3v) is 6.24. The monoisotopic (exact) mass is 600 g/mol. The van der Waals surface area contributed by atoms with Crippen molar-refractivity contribution in [1.82, 2.24) is 10.2 Å². The Hall–Kier alpha value is -3.45. The molecule has 0 unspecified atom stereocenters. The Morgan fingerprint density at radius 1 is 1.17 bits per heavy atom. The van der Waals surface area contributed by atoms with Crippen molar-refractivity contribution in [2.24, 2.45) is 5.73 Å². The number of carbonyl (C=O) groups is 2.